The van der Waals surface area contributed by atoms with Crippen LogP contribution >= 0.6 is 12.2 Å². The van der Waals surface area contributed by atoms with Crippen molar-refractivity contribution in [1.29, 1.82) is 0 Å². The minimum absolute atomic E-state index is 0.154. The van der Waals surface area contributed by atoms with E-state index in [2.05, 4.69) is 10.6 Å². The number of nitrogens with one attached hydrogen (secondary N) is 2. The van der Waals surface area contributed by atoms with Gasteiger partial charge in [0.2, 0.25) is 0 Å². The van der Waals surface area contributed by atoms with E-state index in [1.54, 1.807) is 12.1 Å². The van der Waals surface area contributed by atoms with Crippen molar-refractivity contribution in [2.45, 2.75) is 44.4 Å². The molecule has 5 heteroatoms. The van der Waals surface area contributed by atoms with Crippen molar-refractivity contribution in [3.63, 3.8) is 0 Å². The van der Waals surface area contributed by atoms with Crippen molar-refractivity contribution in [2.24, 2.45) is 0 Å². The monoisotopic (exact) mass is 282 g/mol. The molecule has 104 valence electrons. The molecular formula is C14H19FN2OS. The lowest BCUT2D eigenvalue weighted by atomic mass is 9.93. The van der Waals surface area contributed by atoms with Gasteiger partial charge in [0.25, 0.3) is 0 Å². The highest BCUT2D eigenvalue weighted by molar-refractivity contribution is 7.80. The third-order valence-electron chi connectivity index (χ3n) is 3.40. The molecule has 0 atom stereocenters. The van der Waals surface area contributed by atoms with Crippen LogP contribution in [0.3, 0.4) is 0 Å². The lowest BCUT2D eigenvalue weighted by Gasteiger charge is -2.27. The predicted molar refractivity (Wildman–Crippen MR) is 77.2 cm³/mol. The first-order valence-electron chi connectivity index (χ1n) is 6.60. The molecule has 1 saturated carbocycles. The highest BCUT2D eigenvalue weighted by atomic mass is 32.1. The lowest BCUT2D eigenvalue weighted by Crippen LogP contribution is -2.43. The smallest absolute Gasteiger partial charge is 0.166 e. The maximum atomic E-state index is 12.7. The van der Waals surface area contributed by atoms with Crippen LogP contribution in [0.4, 0.5) is 4.39 Å². The third-order valence-corrected chi connectivity index (χ3v) is 3.66. The van der Waals surface area contributed by atoms with Crippen molar-refractivity contribution < 1.29 is 9.50 Å². The van der Waals surface area contributed by atoms with Gasteiger partial charge in [0.05, 0.1) is 6.10 Å². The van der Waals surface area contributed by atoms with Gasteiger partial charge in [-0.25, -0.2) is 4.39 Å². The molecule has 1 fully saturated rings. The van der Waals surface area contributed by atoms with Gasteiger partial charge in [-0.3, -0.25) is 0 Å². The van der Waals surface area contributed by atoms with E-state index in [4.69, 9.17) is 12.2 Å². The molecule has 0 radical (unpaired) electrons. The van der Waals surface area contributed by atoms with Crippen LogP contribution in [0.5, 0.6) is 0 Å². The molecule has 3 N–H and O–H groups in total. The maximum Gasteiger partial charge on any atom is 0.166 e. The maximum absolute atomic E-state index is 12.7. The number of hydrogen-bond donors (Lipinski definition) is 3. The quantitative estimate of drug-likeness (QED) is 0.743. The Morgan fingerprint density at radius 3 is 2.47 bits per heavy atom. The third kappa shape index (κ3) is 4.76. The van der Waals surface area contributed by atoms with E-state index in [0.29, 0.717) is 17.7 Å². The predicted octanol–water partition coefficient (Wildman–Crippen LogP) is 2.09. The summed E-state index contributed by atoms with van der Waals surface area (Å²) in [5.74, 6) is -0.231. The Kier molecular flexibility index (Phi) is 5.10. The Morgan fingerprint density at radius 1 is 1.21 bits per heavy atom. The number of thiocarbonyl (C=S) groups is 1. The van der Waals surface area contributed by atoms with Crippen molar-refractivity contribution >= 4 is 17.3 Å². The SMILES string of the molecule is OC1CCC(NC(=S)NCc2ccc(F)cc2)CC1. The molecule has 0 spiro atoms. The molecule has 1 aliphatic carbocycles. The first kappa shape index (κ1) is 14.2. The molecule has 1 aromatic carbocycles. The molecule has 0 heterocycles. The van der Waals surface area contributed by atoms with Gasteiger partial charge in [0, 0.05) is 12.6 Å². The Labute approximate surface area is 118 Å². The van der Waals surface area contributed by atoms with Crippen LogP contribution in [0.1, 0.15) is 31.2 Å². The molecule has 3 nitrogen and oxygen atoms in total. The van der Waals surface area contributed by atoms with Gasteiger partial charge < -0.3 is 15.7 Å². The summed E-state index contributed by atoms with van der Waals surface area (Å²) in [6.07, 6.45) is 3.40. The van der Waals surface area contributed by atoms with Crippen LogP contribution in [0.15, 0.2) is 24.3 Å². The summed E-state index contributed by atoms with van der Waals surface area (Å²) in [6.45, 7) is 0.585. The molecule has 0 aliphatic heterocycles. The fourth-order valence-corrected chi connectivity index (χ4v) is 2.48. The highest BCUT2D eigenvalue weighted by Gasteiger charge is 2.19. The molecular weight excluding hydrogens is 263 g/mol. The molecule has 0 aromatic heterocycles. The minimum atomic E-state index is -0.231. The Bertz CT molecular complexity index is 416. The van der Waals surface area contributed by atoms with Gasteiger partial charge in [0.15, 0.2) is 5.11 Å². The lowest BCUT2D eigenvalue weighted by molar-refractivity contribution is 0.120. The average Bonchev–Trinajstić information content (AvgIpc) is 2.41. The van der Waals surface area contributed by atoms with Gasteiger partial charge in [-0.1, -0.05) is 12.1 Å². The molecule has 0 amide bonds. The topological polar surface area (TPSA) is 44.3 Å². The van der Waals surface area contributed by atoms with E-state index in [0.717, 1.165) is 31.2 Å². The van der Waals surface area contributed by atoms with Gasteiger partial charge in [0.1, 0.15) is 5.82 Å². The first-order valence-corrected chi connectivity index (χ1v) is 7.01. The zero-order valence-corrected chi connectivity index (χ0v) is 11.5. The van der Waals surface area contributed by atoms with Crippen LogP contribution in [-0.4, -0.2) is 22.4 Å². The second-order valence-corrected chi connectivity index (χ2v) is 5.37. The fraction of sp³-hybridized carbons (Fsp3) is 0.500. The van der Waals surface area contributed by atoms with Crippen molar-refractivity contribution in [2.75, 3.05) is 0 Å². The highest BCUT2D eigenvalue weighted by Crippen LogP contribution is 2.18. The molecule has 0 unspecified atom stereocenters. The number of halogens is 1. The minimum Gasteiger partial charge on any atom is -0.393 e. The van der Waals surface area contributed by atoms with Gasteiger partial charge >= 0.3 is 0 Å². The summed E-state index contributed by atoms with van der Waals surface area (Å²) in [5, 5.41) is 16.4. The first-order chi connectivity index (χ1) is 9.13. The summed E-state index contributed by atoms with van der Waals surface area (Å²) in [7, 11) is 0. The van der Waals surface area contributed by atoms with E-state index in [1.807, 2.05) is 0 Å². The Hall–Kier alpha value is -1.20. The van der Waals surface area contributed by atoms with Crippen molar-refractivity contribution in [3.05, 3.63) is 35.6 Å². The summed E-state index contributed by atoms with van der Waals surface area (Å²) in [5.41, 5.74) is 0.990. The zero-order valence-electron chi connectivity index (χ0n) is 10.7. The summed E-state index contributed by atoms with van der Waals surface area (Å²) >= 11 is 5.23. The number of hydrogen-bond acceptors (Lipinski definition) is 2. The molecule has 0 saturated heterocycles. The summed E-state index contributed by atoms with van der Waals surface area (Å²) in [4.78, 5) is 0. The second kappa shape index (κ2) is 6.82. The Morgan fingerprint density at radius 2 is 1.84 bits per heavy atom. The van der Waals surface area contributed by atoms with Crippen LogP contribution in [0.2, 0.25) is 0 Å². The number of aliphatic hydroxyl groups excluding tert-OH is 1. The van der Waals surface area contributed by atoms with E-state index >= 15 is 0 Å². The molecule has 2 rings (SSSR count). The van der Waals surface area contributed by atoms with Crippen molar-refractivity contribution in [3.8, 4) is 0 Å². The largest absolute Gasteiger partial charge is 0.393 e. The average molecular weight is 282 g/mol. The summed E-state index contributed by atoms with van der Waals surface area (Å²) < 4.78 is 12.7. The van der Waals surface area contributed by atoms with Crippen LogP contribution in [-0.2, 0) is 6.54 Å². The van der Waals surface area contributed by atoms with Crippen LogP contribution in [0.25, 0.3) is 0 Å². The standard InChI is InChI=1S/C14H19FN2OS/c15-11-3-1-10(2-4-11)9-16-14(19)17-12-5-7-13(18)8-6-12/h1-4,12-13,18H,5-9H2,(H2,16,17,19). The van der Waals surface area contributed by atoms with Gasteiger partial charge in [-0.05, 0) is 55.6 Å². The van der Waals surface area contributed by atoms with Crippen LogP contribution < -0.4 is 10.6 Å². The van der Waals surface area contributed by atoms with Crippen molar-refractivity contribution in [1.82, 2.24) is 10.6 Å². The molecule has 0 bridgehead atoms. The van der Waals surface area contributed by atoms with E-state index < -0.39 is 0 Å². The van der Waals surface area contributed by atoms with E-state index in [9.17, 15) is 9.50 Å². The van der Waals surface area contributed by atoms with E-state index in [-0.39, 0.29) is 11.9 Å². The van der Waals surface area contributed by atoms with Gasteiger partial charge in [-0.2, -0.15) is 0 Å². The molecule has 1 aromatic rings. The van der Waals surface area contributed by atoms with Crippen LogP contribution in [0, 0.1) is 5.82 Å². The number of aliphatic hydroxyl groups is 1. The van der Waals surface area contributed by atoms with E-state index in [1.165, 1.54) is 12.1 Å². The summed E-state index contributed by atoms with van der Waals surface area (Å²) in [6, 6.07) is 6.70. The second-order valence-electron chi connectivity index (χ2n) is 4.96. The molecule has 19 heavy (non-hydrogen) atoms. The number of benzene rings is 1. The Balaban J connectivity index is 1.71. The number of rotatable bonds is 3. The molecule has 1 aliphatic rings. The van der Waals surface area contributed by atoms with Gasteiger partial charge in [-0.15, -0.1) is 0 Å². The normalized spacial score (nSPS) is 22.8. The fourth-order valence-electron chi connectivity index (χ4n) is 2.24. The zero-order chi connectivity index (χ0) is 13.7.